The first-order valence-corrected chi connectivity index (χ1v) is 12.0. The molecule has 0 atom stereocenters. The van der Waals surface area contributed by atoms with Gasteiger partial charge >= 0.3 is 5.97 Å². The van der Waals surface area contributed by atoms with Crippen molar-refractivity contribution < 1.29 is 27.4 Å². The van der Waals surface area contributed by atoms with Crippen molar-refractivity contribution in [3.8, 4) is 11.5 Å². The molecule has 0 saturated carbocycles. The molecule has 0 unspecified atom stereocenters. The summed E-state index contributed by atoms with van der Waals surface area (Å²) in [6.45, 7) is 0.739. The zero-order valence-corrected chi connectivity index (χ0v) is 18.7. The topological polar surface area (TPSA) is 104 Å². The van der Waals surface area contributed by atoms with Crippen LogP contribution in [-0.2, 0) is 21.4 Å². The van der Waals surface area contributed by atoms with Gasteiger partial charge in [-0.25, -0.2) is 13.2 Å². The summed E-state index contributed by atoms with van der Waals surface area (Å²) in [5.74, 6) is 0.177. The number of aromatic nitrogens is 1. The van der Waals surface area contributed by atoms with E-state index in [4.69, 9.17) is 14.2 Å². The van der Waals surface area contributed by atoms with Crippen molar-refractivity contribution in [1.82, 2.24) is 4.98 Å². The second-order valence-corrected chi connectivity index (χ2v) is 9.21. The molecule has 172 valence electrons. The molecular formula is C25H20N2O6S. The third-order valence-electron chi connectivity index (χ3n) is 5.29. The van der Waals surface area contributed by atoms with Crippen molar-refractivity contribution in [2.45, 2.75) is 11.5 Å². The Hall–Kier alpha value is -4.11. The first-order chi connectivity index (χ1) is 16.5. The smallest absolute Gasteiger partial charge is 0.340 e. The lowest BCUT2D eigenvalue weighted by atomic mass is 10.1. The largest absolute Gasteiger partial charge is 0.486 e. The zero-order valence-electron chi connectivity index (χ0n) is 17.9. The van der Waals surface area contributed by atoms with Crippen LogP contribution in [0.15, 0.2) is 83.9 Å². The van der Waals surface area contributed by atoms with Gasteiger partial charge in [0.2, 0.25) is 0 Å². The molecule has 1 aliphatic rings. The summed E-state index contributed by atoms with van der Waals surface area (Å²) in [4.78, 5) is 17.2. The summed E-state index contributed by atoms with van der Waals surface area (Å²) in [5.41, 5.74) is 1.70. The maximum atomic E-state index is 13.0. The first-order valence-electron chi connectivity index (χ1n) is 10.5. The number of anilines is 1. The molecule has 0 saturated heterocycles. The summed E-state index contributed by atoms with van der Waals surface area (Å²) >= 11 is 0. The predicted molar refractivity (Wildman–Crippen MR) is 126 cm³/mol. The van der Waals surface area contributed by atoms with Gasteiger partial charge in [0.1, 0.15) is 19.8 Å². The van der Waals surface area contributed by atoms with Crippen LogP contribution in [0.4, 0.5) is 5.69 Å². The highest BCUT2D eigenvalue weighted by Gasteiger charge is 2.22. The molecule has 3 aromatic carbocycles. The fraction of sp³-hybridized carbons (Fsp3) is 0.120. The van der Waals surface area contributed by atoms with Crippen LogP contribution in [0.1, 0.15) is 15.9 Å². The van der Waals surface area contributed by atoms with Gasteiger partial charge in [0.05, 0.1) is 21.7 Å². The number of ether oxygens (including phenoxy) is 3. The number of carbonyl (C=O) groups excluding carboxylic acids is 1. The second kappa shape index (κ2) is 9.03. The average Bonchev–Trinajstić information content (AvgIpc) is 2.87. The van der Waals surface area contributed by atoms with Gasteiger partial charge in [-0.3, -0.25) is 9.71 Å². The number of sulfonamides is 1. The van der Waals surface area contributed by atoms with Crippen LogP contribution in [0.5, 0.6) is 11.5 Å². The fourth-order valence-electron chi connectivity index (χ4n) is 3.65. The number of esters is 1. The van der Waals surface area contributed by atoms with Gasteiger partial charge in [-0.05, 0) is 30.3 Å². The van der Waals surface area contributed by atoms with Crippen LogP contribution in [0.3, 0.4) is 0 Å². The lowest BCUT2D eigenvalue weighted by Crippen LogP contribution is -2.18. The third-order valence-corrected chi connectivity index (χ3v) is 6.65. The van der Waals surface area contributed by atoms with Gasteiger partial charge < -0.3 is 14.2 Å². The third kappa shape index (κ3) is 4.38. The Balaban J connectivity index is 1.36. The lowest BCUT2D eigenvalue weighted by molar-refractivity contribution is 0.0475. The molecule has 1 aromatic heterocycles. The van der Waals surface area contributed by atoms with Crippen molar-refractivity contribution in [3.63, 3.8) is 0 Å². The van der Waals surface area contributed by atoms with Gasteiger partial charge in [-0.2, -0.15) is 0 Å². The highest BCUT2D eigenvalue weighted by molar-refractivity contribution is 7.92. The number of pyridine rings is 1. The maximum absolute atomic E-state index is 13.0. The predicted octanol–water partition coefficient (Wildman–Crippen LogP) is 4.16. The normalized spacial score (nSPS) is 12.8. The van der Waals surface area contributed by atoms with Crippen molar-refractivity contribution in [2.24, 2.45) is 0 Å². The Morgan fingerprint density at radius 2 is 1.74 bits per heavy atom. The van der Waals surface area contributed by atoms with E-state index in [1.807, 2.05) is 30.3 Å². The molecule has 4 aromatic rings. The van der Waals surface area contributed by atoms with Crippen LogP contribution in [-0.4, -0.2) is 32.6 Å². The Bertz CT molecular complexity index is 1480. The minimum absolute atomic E-state index is 0.00354. The SMILES string of the molecule is O=C(OCc1cccc2cccnc12)c1ccccc1NS(=O)(=O)c1ccc2c(c1)OCCO2. The average molecular weight is 477 g/mol. The monoisotopic (exact) mass is 476 g/mol. The first kappa shape index (κ1) is 21.7. The molecule has 8 nitrogen and oxygen atoms in total. The fourth-order valence-corrected chi connectivity index (χ4v) is 4.74. The van der Waals surface area contributed by atoms with E-state index in [2.05, 4.69) is 9.71 Å². The highest BCUT2D eigenvalue weighted by Crippen LogP contribution is 2.33. The van der Waals surface area contributed by atoms with E-state index in [1.54, 1.807) is 24.4 Å². The Labute approximate surface area is 196 Å². The quantitative estimate of drug-likeness (QED) is 0.417. The molecule has 0 bridgehead atoms. The Morgan fingerprint density at radius 3 is 2.62 bits per heavy atom. The number of nitrogens with zero attached hydrogens (tertiary/aromatic N) is 1. The van der Waals surface area contributed by atoms with Crippen LogP contribution in [0.2, 0.25) is 0 Å². The molecule has 34 heavy (non-hydrogen) atoms. The highest BCUT2D eigenvalue weighted by atomic mass is 32.2. The van der Waals surface area contributed by atoms with E-state index >= 15 is 0 Å². The van der Waals surface area contributed by atoms with Crippen molar-refractivity contribution >= 4 is 32.6 Å². The maximum Gasteiger partial charge on any atom is 0.340 e. The van der Waals surface area contributed by atoms with Gasteiger partial charge in [0.15, 0.2) is 11.5 Å². The van der Waals surface area contributed by atoms with Gasteiger partial charge in [-0.15, -0.1) is 0 Å². The molecule has 1 N–H and O–H groups in total. The second-order valence-electron chi connectivity index (χ2n) is 7.52. The molecule has 5 rings (SSSR count). The van der Waals surface area contributed by atoms with Gasteiger partial charge in [0.25, 0.3) is 10.0 Å². The van der Waals surface area contributed by atoms with E-state index in [1.165, 1.54) is 24.3 Å². The van der Waals surface area contributed by atoms with E-state index in [0.29, 0.717) is 24.7 Å². The minimum Gasteiger partial charge on any atom is -0.486 e. The summed E-state index contributed by atoms with van der Waals surface area (Å²) in [6, 6.07) is 20.0. The number of rotatable bonds is 6. The number of hydrogen-bond acceptors (Lipinski definition) is 7. The van der Waals surface area contributed by atoms with E-state index < -0.39 is 16.0 Å². The summed E-state index contributed by atoms with van der Waals surface area (Å²) in [6.07, 6.45) is 1.68. The molecule has 0 aliphatic carbocycles. The lowest BCUT2D eigenvalue weighted by Gasteiger charge is -2.19. The van der Waals surface area contributed by atoms with Crippen LogP contribution >= 0.6 is 0 Å². The minimum atomic E-state index is -4.00. The Kier molecular flexibility index (Phi) is 5.77. The number of para-hydroxylation sites is 2. The van der Waals surface area contributed by atoms with E-state index in [-0.39, 0.29) is 22.8 Å². The number of fused-ring (bicyclic) bond motifs is 2. The number of hydrogen-bond donors (Lipinski definition) is 1. The summed E-state index contributed by atoms with van der Waals surface area (Å²) in [5, 5.41) is 0.934. The summed E-state index contributed by atoms with van der Waals surface area (Å²) < 4.78 is 45.0. The van der Waals surface area contributed by atoms with Crippen LogP contribution in [0, 0.1) is 0 Å². The van der Waals surface area contributed by atoms with E-state index in [0.717, 1.165) is 16.5 Å². The molecule has 0 radical (unpaired) electrons. The molecule has 0 fully saturated rings. The molecule has 1 aliphatic heterocycles. The molecular weight excluding hydrogens is 456 g/mol. The molecule has 2 heterocycles. The molecule has 0 amide bonds. The molecule has 0 spiro atoms. The van der Waals surface area contributed by atoms with Gasteiger partial charge in [0, 0.05) is 23.2 Å². The number of carbonyl (C=O) groups is 1. The Morgan fingerprint density at radius 1 is 0.941 bits per heavy atom. The van der Waals surface area contributed by atoms with E-state index in [9.17, 15) is 13.2 Å². The molecule has 9 heteroatoms. The van der Waals surface area contributed by atoms with Crippen LogP contribution in [0.25, 0.3) is 10.9 Å². The van der Waals surface area contributed by atoms with Crippen LogP contribution < -0.4 is 14.2 Å². The van der Waals surface area contributed by atoms with Gasteiger partial charge in [-0.1, -0.05) is 36.4 Å². The number of nitrogens with one attached hydrogen (secondary N) is 1. The van der Waals surface area contributed by atoms with Crippen molar-refractivity contribution in [1.29, 1.82) is 0 Å². The zero-order chi connectivity index (χ0) is 23.5. The number of benzene rings is 3. The standard InChI is InChI=1S/C25H20N2O6S/c28-25(33-16-18-6-3-5-17-7-4-12-26-24(17)18)20-8-1-2-9-21(20)27-34(29,30)19-10-11-22-23(15-19)32-14-13-31-22/h1-12,15,27H,13-14,16H2. The van der Waals surface area contributed by atoms with Crippen molar-refractivity contribution in [2.75, 3.05) is 17.9 Å². The van der Waals surface area contributed by atoms with Crippen molar-refractivity contribution in [3.05, 3.63) is 90.1 Å². The summed E-state index contributed by atoms with van der Waals surface area (Å²) in [7, 11) is -4.00.